The maximum absolute atomic E-state index is 12.3. The van der Waals surface area contributed by atoms with Gasteiger partial charge in [0.05, 0.1) is 12.2 Å². The van der Waals surface area contributed by atoms with Crippen LogP contribution in [0.2, 0.25) is 0 Å². The molecule has 2 atom stereocenters. The van der Waals surface area contributed by atoms with Gasteiger partial charge < -0.3 is 10.1 Å². The summed E-state index contributed by atoms with van der Waals surface area (Å²) in [5.74, 6) is 0.0754. The molecule has 1 aliphatic heterocycles. The van der Waals surface area contributed by atoms with E-state index in [4.69, 9.17) is 4.74 Å². The van der Waals surface area contributed by atoms with Gasteiger partial charge >= 0.3 is 0 Å². The van der Waals surface area contributed by atoms with Crippen LogP contribution in [0.1, 0.15) is 42.1 Å². The quantitative estimate of drug-likeness (QED) is 0.918. The molecule has 1 N–H and O–H groups in total. The van der Waals surface area contributed by atoms with Crippen molar-refractivity contribution < 1.29 is 9.53 Å². The minimum Gasteiger partial charge on any atom is -0.371 e. The van der Waals surface area contributed by atoms with Gasteiger partial charge in [0.2, 0.25) is 5.91 Å². The number of nitrogens with zero attached hydrogens (tertiary/aromatic N) is 2. The maximum atomic E-state index is 12.3. The molecule has 3 rings (SSSR count). The summed E-state index contributed by atoms with van der Waals surface area (Å²) < 4.78 is 7.71. The van der Waals surface area contributed by atoms with Crippen molar-refractivity contribution in [3.8, 4) is 0 Å². The standard InChI is InChI=1S/C19H25N3O2/c1-14-5-8-16(9-6-14)19-17(4-3-11-24-19)21-18(23)10-7-15-12-20-22(2)13-15/h5-6,8-9,12-13,17,19H,3-4,7,10-11H2,1-2H3,(H,21,23)/t17-,19-/m0/s1. The maximum Gasteiger partial charge on any atom is 0.220 e. The van der Waals surface area contributed by atoms with Crippen LogP contribution in [-0.2, 0) is 23.0 Å². The third-order valence-corrected chi connectivity index (χ3v) is 4.47. The summed E-state index contributed by atoms with van der Waals surface area (Å²) in [4.78, 5) is 12.3. The van der Waals surface area contributed by atoms with Crippen LogP contribution in [0.25, 0.3) is 0 Å². The Morgan fingerprint density at radius 3 is 2.88 bits per heavy atom. The molecule has 0 aliphatic carbocycles. The van der Waals surface area contributed by atoms with Gasteiger partial charge in [-0.2, -0.15) is 5.10 Å². The summed E-state index contributed by atoms with van der Waals surface area (Å²) in [5.41, 5.74) is 3.45. The monoisotopic (exact) mass is 327 g/mol. The van der Waals surface area contributed by atoms with E-state index in [0.717, 1.165) is 30.6 Å². The Balaban J connectivity index is 1.58. The van der Waals surface area contributed by atoms with Gasteiger partial charge in [-0.1, -0.05) is 29.8 Å². The number of aryl methyl sites for hydroxylation is 3. The average molecular weight is 327 g/mol. The summed E-state index contributed by atoms with van der Waals surface area (Å²) in [7, 11) is 1.88. The Hall–Kier alpha value is -2.14. The van der Waals surface area contributed by atoms with Crippen LogP contribution in [0.4, 0.5) is 0 Å². The second kappa shape index (κ2) is 7.62. The molecule has 5 nitrogen and oxygen atoms in total. The highest BCUT2D eigenvalue weighted by molar-refractivity contribution is 5.76. The zero-order valence-electron chi connectivity index (χ0n) is 14.4. The van der Waals surface area contributed by atoms with Gasteiger partial charge in [-0.3, -0.25) is 9.48 Å². The lowest BCUT2D eigenvalue weighted by Crippen LogP contribution is -2.42. The Morgan fingerprint density at radius 2 is 2.17 bits per heavy atom. The number of amides is 1. The molecule has 1 aromatic heterocycles. The van der Waals surface area contributed by atoms with Gasteiger partial charge in [0.15, 0.2) is 0 Å². The van der Waals surface area contributed by atoms with Crippen LogP contribution < -0.4 is 5.32 Å². The molecular weight excluding hydrogens is 302 g/mol. The normalized spacial score (nSPS) is 20.8. The number of hydrogen-bond donors (Lipinski definition) is 1. The Morgan fingerprint density at radius 1 is 1.38 bits per heavy atom. The van der Waals surface area contributed by atoms with Gasteiger partial charge in [0.1, 0.15) is 6.10 Å². The number of hydrogen-bond acceptors (Lipinski definition) is 3. The fourth-order valence-electron chi connectivity index (χ4n) is 3.15. The van der Waals surface area contributed by atoms with Crippen LogP contribution in [0.3, 0.4) is 0 Å². The van der Waals surface area contributed by atoms with Crippen LogP contribution in [0.5, 0.6) is 0 Å². The topological polar surface area (TPSA) is 56.1 Å². The molecule has 0 unspecified atom stereocenters. The number of rotatable bonds is 5. The summed E-state index contributed by atoms with van der Waals surface area (Å²) in [6.45, 7) is 2.82. The number of aromatic nitrogens is 2. The van der Waals surface area contributed by atoms with E-state index < -0.39 is 0 Å². The first-order valence-electron chi connectivity index (χ1n) is 8.57. The van der Waals surface area contributed by atoms with Crippen molar-refractivity contribution in [1.29, 1.82) is 0 Å². The molecule has 24 heavy (non-hydrogen) atoms. The fourth-order valence-corrected chi connectivity index (χ4v) is 3.15. The minimum atomic E-state index is -0.0540. The van der Waals surface area contributed by atoms with E-state index >= 15 is 0 Å². The fraction of sp³-hybridized carbons (Fsp3) is 0.474. The molecule has 0 bridgehead atoms. The lowest BCUT2D eigenvalue weighted by Gasteiger charge is -2.32. The molecule has 128 valence electrons. The average Bonchev–Trinajstić information content (AvgIpc) is 3.00. The van der Waals surface area contributed by atoms with Crippen LogP contribution in [0.15, 0.2) is 36.7 Å². The van der Waals surface area contributed by atoms with Gasteiger partial charge in [0, 0.05) is 26.3 Å². The largest absolute Gasteiger partial charge is 0.371 e. The van der Waals surface area contributed by atoms with E-state index in [-0.39, 0.29) is 18.1 Å². The molecule has 0 spiro atoms. The molecule has 1 fully saturated rings. The second-order valence-electron chi connectivity index (χ2n) is 6.54. The number of carbonyl (C=O) groups is 1. The van der Waals surface area contributed by atoms with Crippen molar-refractivity contribution in [2.45, 2.75) is 44.8 Å². The molecule has 5 heteroatoms. The van der Waals surface area contributed by atoms with Gasteiger partial charge in [0.25, 0.3) is 0 Å². The molecule has 1 saturated heterocycles. The van der Waals surface area contributed by atoms with Crippen molar-refractivity contribution in [3.05, 3.63) is 53.3 Å². The zero-order valence-corrected chi connectivity index (χ0v) is 14.4. The predicted molar refractivity (Wildman–Crippen MR) is 92.6 cm³/mol. The van der Waals surface area contributed by atoms with E-state index in [1.807, 2.05) is 19.4 Å². The van der Waals surface area contributed by atoms with E-state index in [9.17, 15) is 4.79 Å². The van der Waals surface area contributed by atoms with Crippen LogP contribution >= 0.6 is 0 Å². The highest BCUT2D eigenvalue weighted by atomic mass is 16.5. The Kier molecular flexibility index (Phi) is 5.30. The number of benzene rings is 1. The third-order valence-electron chi connectivity index (χ3n) is 4.47. The van der Waals surface area contributed by atoms with Gasteiger partial charge in [-0.15, -0.1) is 0 Å². The smallest absolute Gasteiger partial charge is 0.220 e. The van der Waals surface area contributed by atoms with E-state index in [2.05, 4.69) is 41.6 Å². The lowest BCUT2D eigenvalue weighted by atomic mass is 9.95. The van der Waals surface area contributed by atoms with Crippen LogP contribution in [0, 0.1) is 6.92 Å². The summed E-state index contributed by atoms with van der Waals surface area (Å²) in [6, 6.07) is 8.42. The first-order valence-corrected chi connectivity index (χ1v) is 8.57. The zero-order chi connectivity index (χ0) is 16.9. The third kappa shape index (κ3) is 4.23. The molecule has 2 heterocycles. The number of ether oxygens (including phenoxy) is 1. The molecule has 2 aromatic rings. The lowest BCUT2D eigenvalue weighted by molar-refractivity contribution is -0.124. The molecular formula is C19H25N3O2. The van der Waals surface area contributed by atoms with E-state index in [0.29, 0.717) is 12.8 Å². The first-order chi connectivity index (χ1) is 11.6. The van der Waals surface area contributed by atoms with E-state index in [1.165, 1.54) is 5.56 Å². The van der Waals surface area contributed by atoms with Crippen molar-refractivity contribution in [2.24, 2.45) is 7.05 Å². The van der Waals surface area contributed by atoms with Crippen LogP contribution in [-0.4, -0.2) is 28.3 Å². The molecule has 1 aliphatic rings. The second-order valence-corrected chi connectivity index (χ2v) is 6.54. The summed E-state index contributed by atoms with van der Waals surface area (Å²) in [6.07, 6.45) is 6.83. The van der Waals surface area contributed by atoms with Gasteiger partial charge in [-0.05, 0) is 37.3 Å². The molecule has 0 radical (unpaired) electrons. The first kappa shape index (κ1) is 16.7. The number of carbonyl (C=O) groups excluding carboxylic acids is 1. The SMILES string of the molecule is Cc1ccc([C@@H]2OCCC[C@@H]2NC(=O)CCc2cnn(C)c2)cc1. The Labute approximate surface area is 143 Å². The minimum absolute atomic E-state index is 0.0443. The van der Waals surface area contributed by atoms with Crippen molar-refractivity contribution in [1.82, 2.24) is 15.1 Å². The highest BCUT2D eigenvalue weighted by Crippen LogP contribution is 2.28. The highest BCUT2D eigenvalue weighted by Gasteiger charge is 2.28. The summed E-state index contributed by atoms with van der Waals surface area (Å²) in [5, 5.41) is 7.30. The predicted octanol–water partition coefficient (Wildman–Crippen LogP) is 2.70. The molecule has 1 amide bonds. The van der Waals surface area contributed by atoms with Gasteiger partial charge in [-0.25, -0.2) is 0 Å². The molecule has 1 aromatic carbocycles. The summed E-state index contributed by atoms with van der Waals surface area (Å²) >= 11 is 0. The number of nitrogens with one attached hydrogen (secondary N) is 1. The van der Waals surface area contributed by atoms with Crippen molar-refractivity contribution in [2.75, 3.05) is 6.61 Å². The van der Waals surface area contributed by atoms with E-state index in [1.54, 1.807) is 4.68 Å². The van der Waals surface area contributed by atoms with Crippen molar-refractivity contribution in [3.63, 3.8) is 0 Å². The Bertz CT molecular complexity index is 678. The van der Waals surface area contributed by atoms with Crippen molar-refractivity contribution >= 4 is 5.91 Å². The molecule has 0 saturated carbocycles.